The third-order valence-corrected chi connectivity index (χ3v) is 5.72. The van der Waals surface area contributed by atoms with Crippen molar-refractivity contribution in [2.24, 2.45) is 0 Å². The lowest BCUT2D eigenvalue weighted by molar-refractivity contribution is 1.47. The van der Waals surface area contributed by atoms with Crippen molar-refractivity contribution in [2.45, 2.75) is 46.2 Å². The molecule has 0 heterocycles. The van der Waals surface area contributed by atoms with Crippen molar-refractivity contribution in [2.75, 3.05) is 4.98 Å². The van der Waals surface area contributed by atoms with Crippen molar-refractivity contribution >= 4 is 27.2 Å². The Kier molecular flexibility index (Phi) is 3.70. The maximum Gasteiger partial charge on any atom is 0.144 e. The molecule has 0 aliphatic heterocycles. The van der Waals surface area contributed by atoms with Crippen molar-refractivity contribution in [3.8, 4) is 0 Å². The van der Waals surface area contributed by atoms with Crippen LogP contribution in [0.2, 0.25) is 39.3 Å². The summed E-state index contributed by atoms with van der Waals surface area (Å²) in [6.45, 7) is 16.6. The Bertz CT molecular complexity index is 372. The zero-order chi connectivity index (χ0) is 12.6. The van der Waals surface area contributed by atoms with Gasteiger partial charge in [-0.3, -0.25) is 0 Å². The normalized spacial score (nSPS) is 12.7. The molecule has 1 rings (SSSR count). The Labute approximate surface area is 102 Å². The third kappa shape index (κ3) is 3.49. The van der Waals surface area contributed by atoms with Crippen LogP contribution in [-0.4, -0.2) is 16.3 Å². The van der Waals surface area contributed by atoms with Gasteiger partial charge in [-0.05, 0) is 23.7 Å². The van der Waals surface area contributed by atoms with Crippen LogP contribution in [0.5, 0.6) is 0 Å². The van der Waals surface area contributed by atoms with Gasteiger partial charge in [0.25, 0.3) is 0 Å². The van der Waals surface area contributed by atoms with Crippen LogP contribution in [-0.2, 0) is 0 Å². The van der Waals surface area contributed by atoms with Gasteiger partial charge in [0.2, 0.25) is 0 Å². The second-order valence-electron chi connectivity index (χ2n) is 6.62. The fraction of sp³-hybridized carbons (Fsp3) is 0.538. The number of hydrogen-bond donors (Lipinski definition) is 1. The Morgan fingerprint density at radius 1 is 0.938 bits per heavy atom. The van der Waals surface area contributed by atoms with E-state index in [1.807, 2.05) is 0 Å². The molecular formula is C13H25NSi2. The van der Waals surface area contributed by atoms with Gasteiger partial charge in [-0.2, -0.15) is 0 Å². The summed E-state index contributed by atoms with van der Waals surface area (Å²) in [5.74, 6) is 0. The van der Waals surface area contributed by atoms with Crippen molar-refractivity contribution in [3.05, 3.63) is 23.8 Å². The Hall–Kier alpha value is -0.546. The molecule has 0 unspecified atom stereocenters. The fourth-order valence-electron chi connectivity index (χ4n) is 2.17. The minimum atomic E-state index is -1.26. The van der Waals surface area contributed by atoms with Crippen LogP contribution in [0.1, 0.15) is 5.56 Å². The Morgan fingerprint density at radius 3 is 1.94 bits per heavy atom. The summed E-state index contributed by atoms with van der Waals surface area (Å²) in [6, 6.07) is 6.66. The summed E-state index contributed by atoms with van der Waals surface area (Å²) in [6.07, 6.45) is 0. The smallest absolute Gasteiger partial charge is 0.144 e. The minimum absolute atomic E-state index is 1.26. The van der Waals surface area contributed by atoms with E-state index in [0.29, 0.717) is 0 Å². The lowest BCUT2D eigenvalue weighted by Gasteiger charge is -2.28. The molecule has 0 spiro atoms. The summed E-state index contributed by atoms with van der Waals surface area (Å²) in [5, 5.41) is 1.59. The number of aryl methyl sites for hydroxylation is 1. The van der Waals surface area contributed by atoms with Crippen LogP contribution in [0.25, 0.3) is 0 Å². The predicted octanol–water partition coefficient (Wildman–Crippen LogP) is 3.79. The maximum absolute atomic E-state index is 3.77. The molecule has 0 radical (unpaired) electrons. The first-order valence-electron chi connectivity index (χ1n) is 5.99. The highest BCUT2D eigenvalue weighted by molar-refractivity contribution is 6.91. The zero-order valence-corrected chi connectivity index (χ0v) is 13.7. The van der Waals surface area contributed by atoms with Crippen LogP contribution >= 0.6 is 0 Å². The molecule has 0 aliphatic carbocycles. The summed E-state index contributed by atoms with van der Waals surface area (Å²) < 4.78 is 0. The summed E-state index contributed by atoms with van der Waals surface area (Å²) in [7, 11) is -2.52. The Morgan fingerprint density at radius 2 is 1.50 bits per heavy atom. The molecule has 3 heteroatoms. The molecular weight excluding hydrogens is 226 g/mol. The molecule has 1 aromatic rings. The Balaban J connectivity index is 3.24. The molecule has 0 fully saturated rings. The number of anilines is 1. The topological polar surface area (TPSA) is 12.0 Å². The van der Waals surface area contributed by atoms with E-state index in [1.54, 1.807) is 5.19 Å². The molecule has 90 valence electrons. The SMILES string of the molecule is Cc1cccc(N[Si](C)(C)C)c1[Si](C)(C)C. The number of rotatable bonds is 3. The number of nitrogens with one attached hydrogen (secondary N) is 1. The van der Waals surface area contributed by atoms with Gasteiger partial charge in [-0.1, -0.05) is 51.4 Å². The van der Waals surface area contributed by atoms with Crippen molar-refractivity contribution in [1.29, 1.82) is 0 Å². The number of benzene rings is 1. The van der Waals surface area contributed by atoms with Crippen molar-refractivity contribution < 1.29 is 0 Å². The van der Waals surface area contributed by atoms with Crippen LogP contribution < -0.4 is 10.2 Å². The molecule has 0 bridgehead atoms. The summed E-state index contributed by atoms with van der Waals surface area (Å²) in [5.41, 5.74) is 2.83. The van der Waals surface area contributed by atoms with Gasteiger partial charge in [-0.25, -0.2) is 0 Å². The van der Waals surface area contributed by atoms with Gasteiger partial charge >= 0.3 is 0 Å². The van der Waals surface area contributed by atoms with Gasteiger partial charge in [-0.15, -0.1) is 0 Å². The summed E-state index contributed by atoms with van der Waals surface area (Å²) >= 11 is 0. The molecule has 0 atom stereocenters. The molecule has 1 nitrogen and oxygen atoms in total. The van der Waals surface area contributed by atoms with E-state index in [2.05, 4.69) is 69.4 Å². The van der Waals surface area contributed by atoms with Gasteiger partial charge < -0.3 is 4.98 Å². The van der Waals surface area contributed by atoms with Crippen molar-refractivity contribution in [1.82, 2.24) is 0 Å². The molecule has 0 amide bonds. The highest BCUT2D eigenvalue weighted by Gasteiger charge is 2.24. The van der Waals surface area contributed by atoms with E-state index in [9.17, 15) is 0 Å². The zero-order valence-electron chi connectivity index (χ0n) is 11.7. The molecule has 0 aromatic heterocycles. The first-order chi connectivity index (χ1) is 7.11. The van der Waals surface area contributed by atoms with Crippen LogP contribution in [0.3, 0.4) is 0 Å². The highest BCUT2D eigenvalue weighted by atomic mass is 28.3. The van der Waals surface area contributed by atoms with E-state index in [-0.39, 0.29) is 0 Å². The average Bonchev–Trinajstić information content (AvgIpc) is 1.97. The molecule has 0 saturated heterocycles. The minimum Gasteiger partial charge on any atom is -0.411 e. The highest BCUT2D eigenvalue weighted by Crippen LogP contribution is 2.17. The lowest BCUT2D eigenvalue weighted by atomic mass is 10.2. The monoisotopic (exact) mass is 251 g/mol. The fourth-order valence-corrected chi connectivity index (χ4v) is 5.53. The summed E-state index contributed by atoms with van der Waals surface area (Å²) in [4.78, 5) is 3.77. The maximum atomic E-state index is 3.77. The third-order valence-electron chi connectivity index (χ3n) is 2.53. The van der Waals surface area contributed by atoms with E-state index in [1.165, 1.54) is 11.3 Å². The predicted molar refractivity (Wildman–Crippen MR) is 81.1 cm³/mol. The molecule has 1 N–H and O–H groups in total. The first kappa shape index (κ1) is 13.5. The second kappa shape index (κ2) is 4.37. The molecule has 16 heavy (non-hydrogen) atoms. The van der Waals surface area contributed by atoms with E-state index in [4.69, 9.17) is 0 Å². The van der Waals surface area contributed by atoms with E-state index < -0.39 is 16.3 Å². The van der Waals surface area contributed by atoms with Gasteiger partial charge in [0.15, 0.2) is 0 Å². The largest absolute Gasteiger partial charge is 0.411 e. The first-order valence-corrected chi connectivity index (χ1v) is 13.0. The standard InChI is InChI=1S/C13H25NSi2/c1-11-9-8-10-12(14-16(5,6)7)13(11)15(2,3)4/h8-10,14H,1-7H3. The number of hydrogen-bond acceptors (Lipinski definition) is 1. The van der Waals surface area contributed by atoms with Crippen molar-refractivity contribution in [3.63, 3.8) is 0 Å². The van der Waals surface area contributed by atoms with Crippen LogP contribution in [0.4, 0.5) is 5.69 Å². The van der Waals surface area contributed by atoms with Crippen LogP contribution in [0, 0.1) is 6.92 Å². The van der Waals surface area contributed by atoms with Gasteiger partial charge in [0, 0.05) is 5.69 Å². The second-order valence-corrected chi connectivity index (χ2v) is 16.4. The quantitative estimate of drug-likeness (QED) is 0.806. The molecule has 0 saturated carbocycles. The van der Waals surface area contributed by atoms with E-state index in [0.717, 1.165) is 0 Å². The molecule has 1 aromatic carbocycles. The van der Waals surface area contributed by atoms with E-state index >= 15 is 0 Å². The molecule has 0 aliphatic rings. The van der Waals surface area contributed by atoms with Gasteiger partial charge in [0.1, 0.15) is 8.24 Å². The van der Waals surface area contributed by atoms with Gasteiger partial charge in [0.05, 0.1) is 8.07 Å². The lowest BCUT2D eigenvalue weighted by Crippen LogP contribution is -2.44. The van der Waals surface area contributed by atoms with Crippen LogP contribution in [0.15, 0.2) is 18.2 Å². The average molecular weight is 252 g/mol.